The normalized spacial score (nSPS) is 26.0. The van der Waals surface area contributed by atoms with Crippen LogP contribution in [-0.4, -0.2) is 55.9 Å². The number of benzene rings is 1. The highest BCUT2D eigenvalue weighted by molar-refractivity contribution is 7.92. The van der Waals surface area contributed by atoms with Crippen LogP contribution in [0.5, 0.6) is 0 Å². The molecule has 2 fully saturated rings. The summed E-state index contributed by atoms with van der Waals surface area (Å²) in [6.07, 6.45) is 0.320. The molecule has 1 aromatic rings. The molecular weight excluding hydrogens is 378 g/mol. The van der Waals surface area contributed by atoms with Gasteiger partial charge in [0.1, 0.15) is 0 Å². The summed E-state index contributed by atoms with van der Waals surface area (Å²) in [5, 5.41) is 5.13. The molecule has 2 aliphatic heterocycles. The zero-order valence-electron chi connectivity index (χ0n) is 16.6. The minimum absolute atomic E-state index is 0.00117. The zero-order chi connectivity index (χ0) is 20.5. The maximum atomic E-state index is 12.7. The summed E-state index contributed by atoms with van der Waals surface area (Å²) in [6.45, 7) is 6.92. The van der Waals surface area contributed by atoms with Crippen molar-refractivity contribution in [1.29, 1.82) is 0 Å². The van der Waals surface area contributed by atoms with Gasteiger partial charge in [0.2, 0.25) is 5.91 Å². The van der Waals surface area contributed by atoms with E-state index in [9.17, 15) is 18.0 Å². The Kier molecular flexibility index (Phi) is 5.98. The van der Waals surface area contributed by atoms with Crippen LogP contribution >= 0.6 is 0 Å². The highest BCUT2D eigenvalue weighted by Crippen LogP contribution is 2.37. The van der Waals surface area contributed by atoms with E-state index in [1.807, 2.05) is 45.0 Å². The van der Waals surface area contributed by atoms with Crippen molar-refractivity contribution in [3.63, 3.8) is 0 Å². The minimum atomic E-state index is -3.31. The highest BCUT2D eigenvalue weighted by Gasteiger charge is 2.51. The third-order valence-electron chi connectivity index (χ3n) is 5.70. The van der Waals surface area contributed by atoms with E-state index in [4.69, 9.17) is 0 Å². The number of hydrogen-bond donors (Lipinski definition) is 2. The first-order chi connectivity index (χ1) is 13.2. The molecule has 3 atom stereocenters. The van der Waals surface area contributed by atoms with Crippen LogP contribution in [-0.2, 0) is 14.6 Å². The molecule has 0 aliphatic carbocycles. The SMILES string of the molecule is Cc1ccccc1NC(=O)N1C[C@H]2[C@H](C(=O)NCC(C)C)CCS(=O)(=O)[C@H]2C1. The fourth-order valence-corrected chi connectivity index (χ4v) is 6.16. The molecule has 0 unspecified atom stereocenters. The van der Waals surface area contributed by atoms with Gasteiger partial charge in [-0.3, -0.25) is 4.79 Å². The molecule has 2 aliphatic rings. The van der Waals surface area contributed by atoms with Crippen molar-refractivity contribution in [2.75, 3.05) is 30.7 Å². The van der Waals surface area contributed by atoms with Gasteiger partial charge in [-0.15, -0.1) is 0 Å². The lowest BCUT2D eigenvalue weighted by atomic mass is 9.87. The van der Waals surface area contributed by atoms with Crippen LogP contribution in [0.25, 0.3) is 0 Å². The summed E-state index contributed by atoms with van der Waals surface area (Å²) in [7, 11) is -3.31. The molecule has 0 spiro atoms. The van der Waals surface area contributed by atoms with Crippen molar-refractivity contribution in [3.8, 4) is 0 Å². The van der Waals surface area contributed by atoms with Crippen LogP contribution < -0.4 is 10.6 Å². The van der Waals surface area contributed by atoms with Gasteiger partial charge in [0.25, 0.3) is 0 Å². The summed E-state index contributed by atoms with van der Waals surface area (Å²) < 4.78 is 25.2. The minimum Gasteiger partial charge on any atom is -0.356 e. The molecule has 1 aromatic carbocycles. The second-order valence-electron chi connectivity index (χ2n) is 8.25. The number of nitrogens with zero attached hydrogens (tertiary/aromatic N) is 1. The Balaban J connectivity index is 1.73. The van der Waals surface area contributed by atoms with Gasteiger partial charge in [-0.05, 0) is 30.9 Å². The third-order valence-corrected chi connectivity index (χ3v) is 7.92. The molecule has 2 heterocycles. The molecular formula is C20H29N3O4S. The number of urea groups is 1. The molecule has 154 valence electrons. The number of carbonyl (C=O) groups is 2. The molecule has 2 N–H and O–H groups in total. The number of anilines is 1. The maximum absolute atomic E-state index is 12.7. The Morgan fingerprint density at radius 1 is 1.21 bits per heavy atom. The van der Waals surface area contributed by atoms with Crippen molar-refractivity contribution in [3.05, 3.63) is 29.8 Å². The Bertz CT molecular complexity index is 853. The highest BCUT2D eigenvalue weighted by atomic mass is 32.2. The molecule has 0 bridgehead atoms. The third kappa shape index (κ3) is 4.32. The average Bonchev–Trinajstić information content (AvgIpc) is 3.08. The number of likely N-dealkylation sites (tertiary alicyclic amines) is 1. The number of hydrogen-bond acceptors (Lipinski definition) is 4. The van der Waals surface area contributed by atoms with Crippen LogP contribution in [0.4, 0.5) is 10.5 Å². The number of amides is 3. The second-order valence-corrected chi connectivity index (χ2v) is 10.6. The van der Waals surface area contributed by atoms with E-state index in [2.05, 4.69) is 10.6 Å². The lowest BCUT2D eigenvalue weighted by Gasteiger charge is -2.31. The van der Waals surface area contributed by atoms with Crippen molar-refractivity contribution in [1.82, 2.24) is 10.2 Å². The van der Waals surface area contributed by atoms with Crippen molar-refractivity contribution in [2.45, 2.75) is 32.4 Å². The Morgan fingerprint density at radius 3 is 2.61 bits per heavy atom. The van der Waals surface area contributed by atoms with E-state index in [0.717, 1.165) is 5.56 Å². The smallest absolute Gasteiger partial charge is 0.321 e. The van der Waals surface area contributed by atoms with Crippen LogP contribution in [0.2, 0.25) is 0 Å². The molecule has 8 heteroatoms. The summed E-state index contributed by atoms with van der Waals surface area (Å²) in [6, 6.07) is 7.13. The van der Waals surface area contributed by atoms with Crippen LogP contribution in [0.3, 0.4) is 0 Å². The van der Waals surface area contributed by atoms with Crippen LogP contribution in [0.1, 0.15) is 25.8 Å². The van der Waals surface area contributed by atoms with E-state index >= 15 is 0 Å². The molecule has 0 saturated carbocycles. The predicted molar refractivity (Wildman–Crippen MR) is 109 cm³/mol. The summed E-state index contributed by atoms with van der Waals surface area (Å²) in [4.78, 5) is 26.9. The average molecular weight is 408 g/mol. The number of nitrogens with one attached hydrogen (secondary N) is 2. The van der Waals surface area contributed by atoms with Crippen molar-refractivity contribution in [2.24, 2.45) is 17.8 Å². The van der Waals surface area contributed by atoms with Gasteiger partial charge in [-0.25, -0.2) is 13.2 Å². The Morgan fingerprint density at radius 2 is 1.93 bits per heavy atom. The Labute approximate surface area is 166 Å². The summed E-state index contributed by atoms with van der Waals surface area (Å²) in [5.74, 6) is -0.495. The second kappa shape index (κ2) is 8.11. The van der Waals surface area contributed by atoms with E-state index in [0.29, 0.717) is 24.6 Å². The standard InChI is InChI=1S/C20H29N3O4S/c1-13(2)10-21-19(24)15-8-9-28(26,27)18-12-23(11-16(15)18)20(25)22-17-7-5-4-6-14(17)3/h4-7,13,15-16,18H,8-12H2,1-3H3,(H,21,24)(H,22,25)/t15-,16+,18+/m1/s1. The van der Waals surface area contributed by atoms with Gasteiger partial charge >= 0.3 is 6.03 Å². The quantitative estimate of drug-likeness (QED) is 0.798. The first kappa shape index (κ1) is 20.6. The summed E-state index contributed by atoms with van der Waals surface area (Å²) >= 11 is 0. The van der Waals surface area contributed by atoms with Gasteiger partial charge in [0.05, 0.1) is 11.0 Å². The lowest BCUT2D eigenvalue weighted by Crippen LogP contribution is -2.47. The molecule has 3 amide bonds. The molecule has 7 nitrogen and oxygen atoms in total. The van der Waals surface area contributed by atoms with Crippen molar-refractivity contribution >= 4 is 27.5 Å². The monoisotopic (exact) mass is 407 g/mol. The van der Waals surface area contributed by atoms with E-state index in [1.54, 1.807) is 0 Å². The van der Waals surface area contributed by atoms with E-state index < -0.39 is 15.1 Å². The Hall–Kier alpha value is -2.09. The zero-order valence-corrected chi connectivity index (χ0v) is 17.5. The summed E-state index contributed by atoms with van der Waals surface area (Å²) in [5.41, 5.74) is 1.64. The van der Waals surface area contributed by atoms with Gasteiger partial charge in [-0.2, -0.15) is 0 Å². The van der Waals surface area contributed by atoms with Gasteiger partial charge in [0.15, 0.2) is 9.84 Å². The largest absolute Gasteiger partial charge is 0.356 e. The molecule has 2 saturated heterocycles. The molecule has 0 aromatic heterocycles. The first-order valence-corrected chi connectivity index (χ1v) is 11.5. The predicted octanol–water partition coefficient (Wildman–Crippen LogP) is 2.03. The van der Waals surface area contributed by atoms with Gasteiger partial charge in [0, 0.05) is 37.2 Å². The molecule has 0 radical (unpaired) electrons. The molecule has 28 heavy (non-hydrogen) atoms. The number of para-hydroxylation sites is 1. The number of sulfone groups is 1. The maximum Gasteiger partial charge on any atom is 0.321 e. The lowest BCUT2D eigenvalue weighted by molar-refractivity contribution is -0.126. The van der Waals surface area contributed by atoms with E-state index in [-0.39, 0.29) is 42.6 Å². The first-order valence-electron chi connectivity index (χ1n) is 9.80. The fourth-order valence-electron chi connectivity index (χ4n) is 4.06. The topological polar surface area (TPSA) is 95.6 Å². The van der Waals surface area contributed by atoms with Crippen molar-refractivity contribution < 1.29 is 18.0 Å². The molecule has 3 rings (SSSR count). The number of fused-ring (bicyclic) bond motifs is 1. The van der Waals surface area contributed by atoms with Gasteiger partial charge in [-0.1, -0.05) is 32.0 Å². The fraction of sp³-hybridized carbons (Fsp3) is 0.600. The number of aryl methyl sites for hydroxylation is 1. The van der Waals surface area contributed by atoms with Gasteiger partial charge < -0.3 is 15.5 Å². The van der Waals surface area contributed by atoms with Crippen LogP contribution in [0, 0.1) is 24.7 Å². The number of rotatable bonds is 4. The van der Waals surface area contributed by atoms with E-state index in [1.165, 1.54) is 4.90 Å². The number of carbonyl (C=O) groups excluding carboxylic acids is 2. The van der Waals surface area contributed by atoms with Crippen LogP contribution in [0.15, 0.2) is 24.3 Å².